The van der Waals surface area contributed by atoms with Crippen molar-refractivity contribution in [2.24, 2.45) is 29.4 Å². The summed E-state index contributed by atoms with van der Waals surface area (Å²) in [6, 6.07) is 8.40. The number of nitrogens with two attached hydrogens (primary N) is 1. The molecule has 1 amide bonds. The molecule has 0 heterocycles. The molecule has 2 fully saturated rings. The SMILES string of the molecule is CN(C)c1cc(CNCc2ccc(O)cc2)c(O)c2c1C[C@H]1C[C@H]3CC(=O)C(C(N)=O)C(=O)[C@@]3(O)C(=O)C1C2=O. The van der Waals surface area contributed by atoms with Crippen LogP contribution in [-0.2, 0) is 38.7 Å². The molecule has 0 radical (unpaired) electrons. The average Bonchev–Trinajstić information content (AvgIpc) is 2.88. The van der Waals surface area contributed by atoms with Gasteiger partial charge in [0.05, 0.1) is 11.5 Å². The van der Waals surface area contributed by atoms with Crippen molar-refractivity contribution in [2.75, 3.05) is 19.0 Å². The molecule has 40 heavy (non-hydrogen) atoms. The zero-order chi connectivity index (χ0) is 29.1. The quantitative estimate of drug-likeness (QED) is 0.315. The Labute approximate surface area is 230 Å². The topological polar surface area (TPSA) is 187 Å². The van der Waals surface area contributed by atoms with E-state index < -0.39 is 58.3 Å². The van der Waals surface area contributed by atoms with Crippen molar-refractivity contribution >= 4 is 34.7 Å². The normalized spacial score (nSPS) is 27.6. The van der Waals surface area contributed by atoms with Gasteiger partial charge >= 0.3 is 0 Å². The van der Waals surface area contributed by atoms with Crippen LogP contribution < -0.4 is 16.0 Å². The number of fused-ring (bicyclic) bond motifs is 3. The van der Waals surface area contributed by atoms with Gasteiger partial charge in [0.15, 0.2) is 34.7 Å². The van der Waals surface area contributed by atoms with Crippen LogP contribution in [0.5, 0.6) is 11.5 Å². The number of hydrogen-bond acceptors (Lipinski definition) is 10. The number of carbonyl (C=O) groups excluding carboxylic acids is 5. The van der Waals surface area contributed by atoms with Crippen molar-refractivity contribution in [2.45, 2.75) is 38.0 Å². The summed E-state index contributed by atoms with van der Waals surface area (Å²) in [5, 5.41) is 35.3. The first kappa shape index (κ1) is 27.5. The molecule has 3 aliphatic carbocycles. The summed E-state index contributed by atoms with van der Waals surface area (Å²) in [6.45, 7) is 0.602. The molecule has 0 saturated heterocycles. The Morgan fingerprint density at radius 3 is 2.35 bits per heavy atom. The lowest BCUT2D eigenvalue weighted by Gasteiger charge is -2.48. The van der Waals surface area contributed by atoms with Crippen LogP contribution >= 0.6 is 0 Å². The molecule has 2 aromatic rings. The van der Waals surface area contributed by atoms with Gasteiger partial charge in [-0.25, -0.2) is 0 Å². The first-order chi connectivity index (χ1) is 18.9. The Hall–Kier alpha value is -4.09. The molecular weight excluding hydrogens is 518 g/mol. The second-order valence-corrected chi connectivity index (χ2v) is 11.2. The van der Waals surface area contributed by atoms with Crippen LogP contribution in [0.15, 0.2) is 30.3 Å². The molecule has 3 aliphatic rings. The minimum Gasteiger partial charge on any atom is -0.508 e. The largest absolute Gasteiger partial charge is 0.508 e. The summed E-state index contributed by atoms with van der Waals surface area (Å²) in [5.74, 6) is -10.2. The van der Waals surface area contributed by atoms with E-state index in [0.29, 0.717) is 23.4 Å². The highest BCUT2D eigenvalue weighted by Gasteiger charge is 2.66. The highest BCUT2D eigenvalue weighted by molar-refractivity contribution is 6.31. The summed E-state index contributed by atoms with van der Waals surface area (Å²) < 4.78 is 0. The van der Waals surface area contributed by atoms with Gasteiger partial charge in [-0.15, -0.1) is 0 Å². The number of ketones is 4. The highest BCUT2D eigenvalue weighted by Crippen LogP contribution is 2.51. The van der Waals surface area contributed by atoms with Crippen LogP contribution in [0.4, 0.5) is 5.69 Å². The van der Waals surface area contributed by atoms with E-state index in [1.54, 1.807) is 44.4 Å². The molecule has 0 aliphatic heterocycles. The number of nitrogens with zero attached hydrogens (tertiary/aromatic N) is 1. The minimum atomic E-state index is -2.68. The maximum absolute atomic E-state index is 13.9. The molecule has 5 atom stereocenters. The Morgan fingerprint density at radius 2 is 1.73 bits per heavy atom. The number of anilines is 1. The number of phenolic OH excluding ortho intramolecular Hbond substituents is 2. The van der Waals surface area contributed by atoms with E-state index in [0.717, 1.165) is 5.56 Å². The highest BCUT2D eigenvalue weighted by atomic mass is 16.3. The van der Waals surface area contributed by atoms with Crippen LogP contribution in [0.25, 0.3) is 0 Å². The van der Waals surface area contributed by atoms with Crippen LogP contribution in [0.3, 0.4) is 0 Å². The van der Waals surface area contributed by atoms with Gasteiger partial charge < -0.3 is 31.3 Å². The van der Waals surface area contributed by atoms with E-state index in [2.05, 4.69) is 5.32 Å². The Bertz CT molecular complexity index is 1450. The van der Waals surface area contributed by atoms with Crippen LogP contribution in [0, 0.1) is 23.7 Å². The summed E-state index contributed by atoms with van der Waals surface area (Å²) in [6.07, 6.45) is -0.109. The zero-order valence-electron chi connectivity index (χ0n) is 22.1. The number of hydrogen-bond donors (Lipinski definition) is 5. The van der Waals surface area contributed by atoms with E-state index in [4.69, 9.17) is 5.73 Å². The first-order valence-electron chi connectivity index (χ1n) is 13.1. The standard InChI is InChI=1S/C29H31N3O8/c1-32(2)19-9-15(12-31-11-13-3-5-17(33)6-4-13)24(35)22-18(19)8-14-7-16-10-20(34)23(28(30)39)27(38)29(16,40)26(37)21(14)25(22)36/h3-6,9,14,16,21,23,31,33,35,40H,7-8,10-12H2,1-2H3,(H2,30,39)/t14-,16+,21?,23?,29+/m1/s1. The summed E-state index contributed by atoms with van der Waals surface area (Å²) in [4.78, 5) is 66.9. The molecule has 11 nitrogen and oxygen atoms in total. The smallest absolute Gasteiger partial charge is 0.235 e. The molecule has 2 saturated carbocycles. The van der Waals surface area contributed by atoms with Crippen molar-refractivity contribution in [1.82, 2.24) is 5.32 Å². The van der Waals surface area contributed by atoms with E-state index in [1.165, 1.54) is 0 Å². The number of Topliss-reactive ketones (excluding diaryl/α,β-unsaturated/α-hetero) is 4. The van der Waals surface area contributed by atoms with Gasteiger partial charge in [0.1, 0.15) is 11.5 Å². The van der Waals surface area contributed by atoms with Crippen LogP contribution in [0.2, 0.25) is 0 Å². The second kappa shape index (κ2) is 9.83. The number of aliphatic hydroxyl groups is 1. The summed E-state index contributed by atoms with van der Waals surface area (Å²) in [5.41, 5.74) is 5.07. The predicted octanol–water partition coefficient (Wildman–Crippen LogP) is 0.388. The fourth-order valence-electron chi connectivity index (χ4n) is 6.56. The van der Waals surface area contributed by atoms with Crippen molar-refractivity contribution in [3.63, 3.8) is 0 Å². The van der Waals surface area contributed by atoms with Crippen molar-refractivity contribution in [1.29, 1.82) is 0 Å². The van der Waals surface area contributed by atoms with Crippen molar-refractivity contribution in [3.05, 3.63) is 52.6 Å². The zero-order valence-corrected chi connectivity index (χ0v) is 22.1. The number of amides is 1. The molecule has 5 rings (SSSR count). The van der Waals surface area contributed by atoms with Gasteiger partial charge in [-0.05, 0) is 48.1 Å². The number of aromatic hydroxyl groups is 2. The number of benzene rings is 2. The van der Waals surface area contributed by atoms with Gasteiger partial charge in [0, 0.05) is 50.8 Å². The molecule has 2 aromatic carbocycles. The van der Waals surface area contributed by atoms with Crippen molar-refractivity contribution in [3.8, 4) is 11.5 Å². The van der Waals surface area contributed by atoms with Crippen molar-refractivity contribution < 1.29 is 39.3 Å². The monoisotopic (exact) mass is 549 g/mol. The molecule has 0 bridgehead atoms. The number of primary amides is 1. The lowest BCUT2D eigenvalue weighted by Crippen LogP contribution is -2.68. The molecular formula is C29H31N3O8. The third-order valence-electron chi connectivity index (χ3n) is 8.52. The molecule has 2 unspecified atom stereocenters. The molecule has 0 spiro atoms. The van der Waals surface area contributed by atoms with Gasteiger partial charge in [-0.1, -0.05) is 12.1 Å². The van der Waals surface area contributed by atoms with E-state index >= 15 is 0 Å². The first-order valence-corrected chi connectivity index (χ1v) is 13.1. The Morgan fingerprint density at radius 1 is 1.05 bits per heavy atom. The number of phenols is 2. The Balaban J connectivity index is 1.50. The third-order valence-corrected chi connectivity index (χ3v) is 8.52. The van der Waals surface area contributed by atoms with Crippen LogP contribution in [-0.4, -0.2) is 64.1 Å². The molecule has 210 valence electrons. The Kier molecular flexibility index (Phi) is 6.75. The third kappa shape index (κ3) is 4.16. The van der Waals surface area contributed by atoms with E-state index in [-0.39, 0.29) is 42.9 Å². The molecule has 6 N–H and O–H groups in total. The van der Waals surface area contributed by atoms with Gasteiger partial charge in [0.25, 0.3) is 0 Å². The summed E-state index contributed by atoms with van der Waals surface area (Å²) >= 11 is 0. The average molecular weight is 550 g/mol. The second-order valence-electron chi connectivity index (χ2n) is 11.2. The number of rotatable bonds is 6. The lowest BCUT2D eigenvalue weighted by molar-refractivity contribution is -0.175. The fourth-order valence-corrected chi connectivity index (χ4v) is 6.56. The minimum absolute atomic E-state index is 0.0323. The summed E-state index contributed by atoms with van der Waals surface area (Å²) in [7, 11) is 3.59. The predicted molar refractivity (Wildman–Crippen MR) is 141 cm³/mol. The maximum Gasteiger partial charge on any atom is 0.235 e. The number of carbonyl (C=O) groups is 5. The van der Waals surface area contributed by atoms with E-state index in [1.807, 2.05) is 4.90 Å². The van der Waals surface area contributed by atoms with Gasteiger partial charge in [-0.3, -0.25) is 24.0 Å². The number of nitrogens with one attached hydrogen (secondary N) is 1. The van der Waals surface area contributed by atoms with Gasteiger partial charge in [0.2, 0.25) is 5.91 Å². The fraction of sp³-hybridized carbons (Fsp3) is 0.414. The molecule has 0 aromatic heterocycles. The lowest BCUT2D eigenvalue weighted by atomic mass is 9.53. The molecule has 11 heteroatoms. The van der Waals surface area contributed by atoms with Gasteiger partial charge in [-0.2, -0.15) is 0 Å². The van der Waals surface area contributed by atoms with E-state index in [9.17, 15) is 39.3 Å². The van der Waals surface area contributed by atoms with Crippen LogP contribution in [0.1, 0.15) is 39.9 Å². The maximum atomic E-state index is 13.9.